The van der Waals surface area contributed by atoms with Crippen LogP contribution in [0.4, 0.5) is 10.3 Å². The average Bonchev–Trinajstić information content (AvgIpc) is 2.95. The fourth-order valence-corrected chi connectivity index (χ4v) is 3.35. The van der Waals surface area contributed by atoms with Gasteiger partial charge in [0.05, 0.1) is 0 Å². The zero-order valence-electron chi connectivity index (χ0n) is 9.60. The Morgan fingerprint density at radius 2 is 1.48 bits per heavy atom. The molecule has 0 fully saturated rings. The molecule has 21 heavy (non-hydrogen) atoms. The number of anilines is 1. The monoisotopic (exact) mass is 371 g/mol. The van der Waals surface area contributed by atoms with Crippen molar-refractivity contribution in [2.24, 2.45) is 20.6 Å². The van der Waals surface area contributed by atoms with E-state index in [4.69, 9.17) is 10.3 Å². The van der Waals surface area contributed by atoms with E-state index >= 15 is 0 Å². The number of rotatable bonds is 5. The Hall–Kier alpha value is -1.66. The van der Waals surface area contributed by atoms with Crippen LogP contribution in [0, 0.1) is 0 Å². The number of nitrogens with zero attached hydrogens (tertiary/aromatic N) is 6. The lowest BCUT2D eigenvalue weighted by Gasteiger charge is -1.88. The molecular weight excluding hydrogens is 366 g/mol. The third kappa shape index (κ3) is 4.15. The predicted octanol–water partition coefficient (Wildman–Crippen LogP) is -1.20. The lowest BCUT2D eigenvalue weighted by atomic mass is 11.3. The van der Waals surface area contributed by atoms with Crippen LogP contribution >= 0.6 is 22.7 Å². The minimum atomic E-state index is -3.95. The van der Waals surface area contributed by atoms with Gasteiger partial charge in [-0.2, -0.15) is 0 Å². The molecule has 114 valence electrons. The van der Waals surface area contributed by atoms with E-state index in [1.807, 2.05) is 0 Å². The van der Waals surface area contributed by atoms with Crippen molar-refractivity contribution in [2.45, 2.75) is 8.68 Å². The smallest absolute Gasteiger partial charge is 0.232 e. The van der Waals surface area contributed by atoms with E-state index in [9.17, 15) is 16.8 Å². The fraction of sp³-hybridized carbons (Fsp3) is 0. The van der Waals surface area contributed by atoms with E-state index < -0.39 is 28.7 Å². The van der Waals surface area contributed by atoms with Crippen LogP contribution in [0.3, 0.4) is 0 Å². The summed E-state index contributed by atoms with van der Waals surface area (Å²) >= 11 is 1.24. The second-order valence-corrected chi connectivity index (χ2v) is 8.53. The molecule has 0 aliphatic carbocycles. The molecule has 0 saturated carbocycles. The number of primary sulfonamides is 2. The Labute approximate surface area is 125 Å². The topological polar surface area (TPSA) is 209 Å². The third-order valence-electron chi connectivity index (χ3n) is 1.57. The molecule has 0 unspecified atom stereocenters. The van der Waals surface area contributed by atoms with Crippen molar-refractivity contribution in [3.05, 3.63) is 0 Å². The molecule has 0 amide bonds. The molecule has 5 N–H and O–H groups in total. The van der Waals surface area contributed by atoms with Gasteiger partial charge in [-0.15, -0.1) is 20.4 Å². The van der Waals surface area contributed by atoms with Gasteiger partial charge in [0.2, 0.25) is 13.8 Å². The maximum absolute atomic E-state index is 11.0. The Morgan fingerprint density at radius 3 is 2.00 bits per heavy atom. The van der Waals surface area contributed by atoms with Gasteiger partial charge in [-0.1, -0.05) is 33.0 Å². The van der Waals surface area contributed by atoms with E-state index in [0.29, 0.717) is 22.7 Å². The fourth-order valence-electron chi connectivity index (χ4n) is 0.838. The van der Waals surface area contributed by atoms with E-state index in [2.05, 4.69) is 36.2 Å². The number of hydrogen-bond acceptors (Lipinski definition) is 12. The first-order chi connectivity index (χ1) is 9.66. The van der Waals surface area contributed by atoms with Crippen molar-refractivity contribution in [1.29, 1.82) is 0 Å². The molecule has 0 aliphatic heterocycles. The highest BCUT2D eigenvalue weighted by molar-refractivity contribution is 7.91. The number of nitrogens with two attached hydrogens (primary N) is 2. The minimum Gasteiger partial charge on any atom is -0.232 e. The highest BCUT2D eigenvalue weighted by Gasteiger charge is 2.16. The van der Waals surface area contributed by atoms with Crippen molar-refractivity contribution in [3.8, 4) is 0 Å². The lowest BCUT2D eigenvalue weighted by molar-refractivity contribution is 0.594. The van der Waals surface area contributed by atoms with Crippen molar-refractivity contribution in [2.75, 3.05) is 5.43 Å². The SMILES string of the molecule is NS(=O)(=O)c1nnc(N=NNc2nnc(S(N)(=O)=O)s2)s1. The minimum absolute atomic E-state index is 0.0129. The molecule has 0 spiro atoms. The Morgan fingerprint density at radius 1 is 0.905 bits per heavy atom. The maximum atomic E-state index is 11.0. The van der Waals surface area contributed by atoms with Gasteiger partial charge in [0.1, 0.15) is 0 Å². The lowest BCUT2D eigenvalue weighted by Crippen LogP contribution is -2.11. The summed E-state index contributed by atoms with van der Waals surface area (Å²) in [5.74, 6) is 0. The van der Waals surface area contributed by atoms with Crippen molar-refractivity contribution in [1.82, 2.24) is 20.4 Å². The van der Waals surface area contributed by atoms with E-state index in [-0.39, 0.29) is 10.3 Å². The standard InChI is InChI=1S/C4H5N9O4S4/c5-20(14,15)3-11-7-1(18-3)9-13-10-2-8-12-4(19-2)21(6,16)17/h(H2,5,14,15)(H2,6,16,17)(H,7,8,9,10). The zero-order chi connectivity index (χ0) is 15.7. The van der Waals surface area contributed by atoms with Crippen LogP contribution < -0.4 is 15.7 Å². The number of nitrogens with one attached hydrogen (secondary N) is 1. The average molecular weight is 371 g/mol. The molecule has 2 heterocycles. The summed E-state index contributed by atoms with van der Waals surface area (Å²) in [6.45, 7) is 0. The summed E-state index contributed by atoms with van der Waals surface area (Å²) in [6.07, 6.45) is 0. The summed E-state index contributed by atoms with van der Waals surface area (Å²) in [7, 11) is -7.89. The second kappa shape index (κ2) is 5.61. The Balaban J connectivity index is 2.06. The molecule has 13 nitrogen and oxygen atoms in total. The summed E-state index contributed by atoms with van der Waals surface area (Å²) in [4.78, 5) is 0. The number of aromatic nitrogens is 4. The second-order valence-electron chi connectivity index (χ2n) is 3.13. The summed E-state index contributed by atoms with van der Waals surface area (Å²) in [6, 6.07) is 0. The van der Waals surface area contributed by atoms with Gasteiger partial charge in [-0.3, -0.25) is 0 Å². The van der Waals surface area contributed by atoms with Gasteiger partial charge in [0.15, 0.2) is 0 Å². The van der Waals surface area contributed by atoms with Crippen molar-refractivity contribution in [3.63, 3.8) is 0 Å². The van der Waals surface area contributed by atoms with E-state index in [1.165, 1.54) is 0 Å². The van der Waals surface area contributed by atoms with Crippen molar-refractivity contribution < 1.29 is 16.8 Å². The summed E-state index contributed by atoms with van der Waals surface area (Å²) < 4.78 is 43.0. The van der Waals surface area contributed by atoms with Crippen LogP contribution in [0.15, 0.2) is 19.0 Å². The molecule has 2 aromatic heterocycles. The van der Waals surface area contributed by atoms with Gasteiger partial charge < -0.3 is 0 Å². The van der Waals surface area contributed by atoms with Gasteiger partial charge in [0.25, 0.3) is 25.2 Å². The molecule has 2 rings (SSSR count). The molecule has 0 bridgehead atoms. The highest BCUT2D eigenvalue weighted by Crippen LogP contribution is 2.22. The normalized spacial score (nSPS) is 12.9. The predicted molar refractivity (Wildman–Crippen MR) is 70.7 cm³/mol. The van der Waals surface area contributed by atoms with E-state index in [0.717, 1.165) is 0 Å². The number of sulfonamides is 2. The van der Waals surface area contributed by atoms with Crippen LogP contribution in [0.1, 0.15) is 0 Å². The van der Waals surface area contributed by atoms with Crippen LogP contribution in [-0.2, 0) is 20.0 Å². The van der Waals surface area contributed by atoms with Crippen LogP contribution in [0.5, 0.6) is 0 Å². The summed E-state index contributed by atoms with van der Waals surface area (Å²) in [5.41, 5.74) is 2.28. The molecule has 0 saturated heterocycles. The molecule has 17 heteroatoms. The molecule has 0 atom stereocenters. The molecular formula is C4H5N9O4S4. The Kier molecular flexibility index (Phi) is 4.20. The summed E-state index contributed by atoms with van der Waals surface area (Å²) in [5, 5.41) is 30.0. The maximum Gasteiger partial charge on any atom is 0.267 e. The zero-order valence-corrected chi connectivity index (χ0v) is 12.9. The highest BCUT2D eigenvalue weighted by atomic mass is 32.3. The van der Waals surface area contributed by atoms with Gasteiger partial charge in [0, 0.05) is 0 Å². The third-order valence-corrected chi connectivity index (χ3v) is 5.83. The first-order valence-electron chi connectivity index (χ1n) is 4.55. The van der Waals surface area contributed by atoms with Crippen LogP contribution in [0.2, 0.25) is 0 Å². The van der Waals surface area contributed by atoms with Crippen molar-refractivity contribution >= 4 is 53.0 Å². The largest absolute Gasteiger partial charge is 0.267 e. The molecule has 0 aromatic carbocycles. The molecule has 0 aliphatic rings. The first kappa shape index (κ1) is 15.7. The van der Waals surface area contributed by atoms with Crippen LogP contribution in [-0.4, -0.2) is 37.2 Å². The van der Waals surface area contributed by atoms with Gasteiger partial charge in [-0.25, -0.2) is 32.5 Å². The Bertz CT molecular complexity index is 878. The first-order valence-corrected chi connectivity index (χ1v) is 9.28. The quantitative estimate of drug-likeness (QED) is 0.424. The van der Waals surface area contributed by atoms with E-state index in [1.54, 1.807) is 0 Å². The molecule has 0 radical (unpaired) electrons. The van der Waals surface area contributed by atoms with Crippen LogP contribution in [0.25, 0.3) is 0 Å². The number of hydrogen-bond donors (Lipinski definition) is 3. The molecule has 2 aromatic rings. The van der Waals surface area contributed by atoms with Gasteiger partial charge >= 0.3 is 0 Å². The van der Waals surface area contributed by atoms with Gasteiger partial charge in [-0.05, 0) is 0 Å².